The van der Waals surface area contributed by atoms with Crippen molar-refractivity contribution in [2.75, 3.05) is 26.7 Å². The molecule has 1 atom stereocenters. The smallest absolute Gasteiger partial charge is 0.222 e. The fourth-order valence-corrected chi connectivity index (χ4v) is 3.38. The summed E-state index contributed by atoms with van der Waals surface area (Å²) in [6.07, 6.45) is 7.15. The Morgan fingerprint density at radius 1 is 1.25 bits per heavy atom. The fourth-order valence-electron chi connectivity index (χ4n) is 3.38. The van der Waals surface area contributed by atoms with Crippen LogP contribution in [-0.4, -0.2) is 43.6 Å². The number of hydrogen-bond donors (Lipinski definition) is 1. The number of amides is 1. The predicted molar refractivity (Wildman–Crippen MR) is 98.4 cm³/mol. The van der Waals surface area contributed by atoms with E-state index in [4.69, 9.17) is 4.74 Å². The molecule has 4 heteroatoms. The summed E-state index contributed by atoms with van der Waals surface area (Å²) in [6, 6.07) is 8.69. The standard InChI is InChI=1S/C20H32N2O2/c1-3-15-22(18-13-14-21-16-18)20(23)8-6-4-5-7-17-9-11-19(24-2)12-10-17/h9-12,18,21H,3-8,13-16H2,1-2H3. The molecule has 0 aromatic heterocycles. The summed E-state index contributed by atoms with van der Waals surface area (Å²) >= 11 is 0. The Labute approximate surface area is 146 Å². The molecule has 4 nitrogen and oxygen atoms in total. The average Bonchev–Trinajstić information content (AvgIpc) is 3.14. The number of benzene rings is 1. The van der Waals surface area contributed by atoms with Gasteiger partial charge in [-0.2, -0.15) is 0 Å². The number of nitrogens with zero attached hydrogens (tertiary/aromatic N) is 1. The fraction of sp³-hybridized carbons (Fsp3) is 0.650. The van der Waals surface area contributed by atoms with Crippen molar-refractivity contribution in [2.24, 2.45) is 0 Å². The number of hydrogen-bond acceptors (Lipinski definition) is 3. The second kappa shape index (κ2) is 10.3. The van der Waals surface area contributed by atoms with E-state index in [1.165, 1.54) is 5.56 Å². The maximum atomic E-state index is 12.5. The molecule has 1 N–H and O–H groups in total. The maximum absolute atomic E-state index is 12.5. The molecule has 0 spiro atoms. The van der Waals surface area contributed by atoms with Crippen molar-refractivity contribution in [1.82, 2.24) is 10.2 Å². The van der Waals surface area contributed by atoms with E-state index in [1.54, 1.807) is 7.11 Å². The summed E-state index contributed by atoms with van der Waals surface area (Å²) in [4.78, 5) is 14.6. The van der Waals surface area contributed by atoms with Gasteiger partial charge in [-0.3, -0.25) is 4.79 Å². The number of aryl methyl sites for hydroxylation is 1. The maximum Gasteiger partial charge on any atom is 0.222 e. The van der Waals surface area contributed by atoms with E-state index in [-0.39, 0.29) is 0 Å². The van der Waals surface area contributed by atoms with E-state index in [9.17, 15) is 4.79 Å². The lowest BCUT2D eigenvalue weighted by Crippen LogP contribution is -2.41. The number of ether oxygens (including phenoxy) is 1. The molecule has 1 aromatic carbocycles. The van der Waals surface area contributed by atoms with Crippen molar-refractivity contribution in [2.45, 2.75) is 57.9 Å². The first kappa shape index (κ1) is 18.8. The lowest BCUT2D eigenvalue weighted by molar-refractivity contribution is -0.133. The highest BCUT2D eigenvalue weighted by Gasteiger charge is 2.25. The Bertz CT molecular complexity index is 481. The van der Waals surface area contributed by atoms with Crippen LogP contribution in [0.3, 0.4) is 0 Å². The van der Waals surface area contributed by atoms with Gasteiger partial charge in [-0.1, -0.05) is 25.5 Å². The third-order valence-corrected chi connectivity index (χ3v) is 4.78. The average molecular weight is 332 g/mol. The van der Waals surface area contributed by atoms with E-state index in [0.29, 0.717) is 18.4 Å². The Balaban J connectivity index is 1.65. The summed E-state index contributed by atoms with van der Waals surface area (Å²) < 4.78 is 5.18. The molecule has 1 saturated heterocycles. The Morgan fingerprint density at radius 3 is 2.67 bits per heavy atom. The van der Waals surface area contributed by atoms with Gasteiger partial charge in [0.25, 0.3) is 0 Å². The van der Waals surface area contributed by atoms with Crippen LogP contribution < -0.4 is 10.1 Å². The molecular weight excluding hydrogens is 300 g/mol. The van der Waals surface area contributed by atoms with E-state index in [0.717, 1.165) is 63.9 Å². The Hall–Kier alpha value is -1.55. The highest BCUT2D eigenvalue weighted by atomic mass is 16.5. The van der Waals surface area contributed by atoms with Gasteiger partial charge in [0, 0.05) is 25.6 Å². The minimum absolute atomic E-state index is 0.343. The SMILES string of the molecule is CCCN(C(=O)CCCCCc1ccc(OC)cc1)C1CCNC1. The van der Waals surface area contributed by atoms with Crippen LogP contribution in [0.4, 0.5) is 0 Å². The molecule has 1 amide bonds. The quantitative estimate of drug-likeness (QED) is 0.668. The second-order valence-corrected chi connectivity index (χ2v) is 6.64. The van der Waals surface area contributed by atoms with Crippen LogP contribution >= 0.6 is 0 Å². The first-order valence-electron chi connectivity index (χ1n) is 9.37. The molecule has 1 aliphatic heterocycles. The van der Waals surface area contributed by atoms with Crippen molar-refractivity contribution >= 4 is 5.91 Å². The Morgan fingerprint density at radius 2 is 2.04 bits per heavy atom. The number of nitrogens with one attached hydrogen (secondary N) is 1. The molecule has 0 bridgehead atoms. The summed E-state index contributed by atoms with van der Waals surface area (Å²) in [6.45, 7) is 5.05. The molecule has 2 rings (SSSR count). The molecule has 1 heterocycles. The van der Waals surface area contributed by atoms with Crippen LogP contribution in [0.5, 0.6) is 5.75 Å². The number of methoxy groups -OCH3 is 1. The van der Waals surface area contributed by atoms with Crippen molar-refractivity contribution in [3.05, 3.63) is 29.8 Å². The van der Waals surface area contributed by atoms with E-state index >= 15 is 0 Å². The van der Waals surface area contributed by atoms with Crippen LogP contribution in [0, 0.1) is 0 Å². The van der Waals surface area contributed by atoms with E-state index in [1.807, 2.05) is 12.1 Å². The normalized spacial score (nSPS) is 17.0. The number of carbonyl (C=O) groups excluding carboxylic acids is 1. The van der Waals surface area contributed by atoms with Gasteiger partial charge < -0.3 is 15.0 Å². The van der Waals surface area contributed by atoms with Crippen LogP contribution in [0.2, 0.25) is 0 Å². The third kappa shape index (κ3) is 5.82. The minimum atomic E-state index is 0.343. The molecule has 24 heavy (non-hydrogen) atoms. The van der Waals surface area contributed by atoms with Gasteiger partial charge in [0.2, 0.25) is 5.91 Å². The van der Waals surface area contributed by atoms with Crippen LogP contribution in [-0.2, 0) is 11.2 Å². The third-order valence-electron chi connectivity index (χ3n) is 4.78. The van der Waals surface area contributed by atoms with Gasteiger partial charge in [-0.05, 0) is 56.3 Å². The van der Waals surface area contributed by atoms with Gasteiger partial charge in [0.15, 0.2) is 0 Å². The van der Waals surface area contributed by atoms with Gasteiger partial charge in [0.1, 0.15) is 5.75 Å². The summed E-state index contributed by atoms with van der Waals surface area (Å²) in [5.41, 5.74) is 1.34. The lowest BCUT2D eigenvalue weighted by Gasteiger charge is -2.28. The molecule has 0 aliphatic carbocycles. The minimum Gasteiger partial charge on any atom is -0.497 e. The van der Waals surface area contributed by atoms with Crippen LogP contribution in [0.1, 0.15) is 51.0 Å². The molecule has 1 unspecified atom stereocenters. The summed E-state index contributed by atoms with van der Waals surface area (Å²) in [5.74, 6) is 1.25. The van der Waals surface area contributed by atoms with Crippen molar-refractivity contribution in [3.63, 3.8) is 0 Å². The summed E-state index contributed by atoms with van der Waals surface area (Å²) in [5, 5.41) is 3.37. The molecule has 1 aromatic rings. The molecule has 0 radical (unpaired) electrons. The van der Waals surface area contributed by atoms with Gasteiger partial charge >= 0.3 is 0 Å². The van der Waals surface area contributed by atoms with E-state index < -0.39 is 0 Å². The van der Waals surface area contributed by atoms with Crippen molar-refractivity contribution < 1.29 is 9.53 Å². The number of carbonyl (C=O) groups is 1. The monoisotopic (exact) mass is 332 g/mol. The first-order chi connectivity index (χ1) is 11.7. The molecule has 0 saturated carbocycles. The van der Waals surface area contributed by atoms with Gasteiger partial charge in [-0.25, -0.2) is 0 Å². The zero-order chi connectivity index (χ0) is 17.2. The zero-order valence-corrected chi connectivity index (χ0v) is 15.2. The molecule has 1 fully saturated rings. The largest absolute Gasteiger partial charge is 0.497 e. The highest BCUT2D eigenvalue weighted by Crippen LogP contribution is 2.15. The first-order valence-corrected chi connectivity index (χ1v) is 9.37. The molecule has 1 aliphatic rings. The van der Waals surface area contributed by atoms with E-state index in [2.05, 4.69) is 29.3 Å². The number of unbranched alkanes of at least 4 members (excludes halogenated alkanes) is 2. The number of rotatable bonds is 10. The molecular formula is C20H32N2O2. The summed E-state index contributed by atoms with van der Waals surface area (Å²) in [7, 11) is 1.69. The van der Waals surface area contributed by atoms with Crippen LogP contribution in [0.15, 0.2) is 24.3 Å². The lowest BCUT2D eigenvalue weighted by atomic mass is 10.1. The van der Waals surface area contributed by atoms with Gasteiger partial charge in [0.05, 0.1) is 7.11 Å². The van der Waals surface area contributed by atoms with Crippen molar-refractivity contribution in [3.8, 4) is 5.75 Å². The second-order valence-electron chi connectivity index (χ2n) is 6.64. The topological polar surface area (TPSA) is 41.6 Å². The Kier molecular flexibility index (Phi) is 8.10. The highest BCUT2D eigenvalue weighted by molar-refractivity contribution is 5.76. The molecule has 134 valence electrons. The van der Waals surface area contributed by atoms with Gasteiger partial charge in [-0.15, -0.1) is 0 Å². The predicted octanol–water partition coefficient (Wildman–Crippen LogP) is 3.40. The zero-order valence-electron chi connectivity index (χ0n) is 15.2. The van der Waals surface area contributed by atoms with Crippen molar-refractivity contribution in [1.29, 1.82) is 0 Å². The van der Waals surface area contributed by atoms with Crippen LogP contribution in [0.25, 0.3) is 0 Å².